The molecule has 1 aliphatic rings. The van der Waals surface area contributed by atoms with E-state index in [0.717, 1.165) is 12.8 Å². The average molecular weight is 237 g/mol. The fourth-order valence-electron chi connectivity index (χ4n) is 1.16. The van der Waals surface area contributed by atoms with E-state index in [2.05, 4.69) is 4.72 Å². The molecule has 15 heavy (non-hydrogen) atoms. The molecule has 0 bridgehead atoms. The van der Waals surface area contributed by atoms with Crippen molar-refractivity contribution in [3.63, 3.8) is 0 Å². The zero-order valence-electron chi connectivity index (χ0n) is 9.19. The maximum atomic E-state index is 11.5. The largest absolute Gasteiger partial charge is 0.389 e. The van der Waals surface area contributed by atoms with Gasteiger partial charge in [-0.3, -0.25) is 0 Å². The molecule has 5 nitrogen and oxygen atoms in total. The molecular weight excluding hydrogens is 218 g/mol. The fourth-order valence-corrected chi connectivity index (χ4v) is 2.67. The van der Waals surface area contributed by atoms with E-state index in [0.29, 0.717) is 13.0 Å². The summed E-state index contributed by atoms with van der Waals surface area (Å²) in [6.07, 6.45) is 1.88. The number of sulfonamides is 1. The summed E-state index contributed by atoms with van der Waals surface area (Å²) in [4.78, 5) is 0. The van der Waals surface area contributed by atoms with Gasteiger partial charge in [-0.1, -0.05) is 0 Å². The summed E-state index contributed by atoms with van der Waals surface area (Å²) in [5, 5.41) is 9.56. The molecule has 0 amide bonds. The van der Waals surface area contributed by atoms with Crippen LogP contribution in [0.3, 0.4) is 0 Å². The minimum absolute atomic E-state index is 0.0508. The topological polar surface area (TPSA) is 75.6 Å². The van der Waals surface area contributed by atoms with Crippen molar-refractivity contribution in [3.8, 4) is 0 Å². The molecule has 0 saturated heterocycles. The molecule has 0 aliphatic heterocycles. The van der Waals surface area contributed by atoms with Gasteiger partial charge in [-0.05, 0) is 19.8 Å². The van der Waals surface area contributed by atoms with Gasteiger partial charge < -0.3 is 9.84 Å². The summed E-state index contributed by atoms with van der Waals surface area (Å²) in [5.41, 5.74) is -1.04. The minimum atomic E-state index is -3.20. The molecule has 1 aliphatic carbocycles. The van der Waals surface area contributed by atoms with E-state index in [1.165, 1.54) is 0 Å². The van der Waals surface area contributed by atoms with Crippen LogP contribution < -0.4 is 4.72 Å². The van der Waals surface area contributed by atoms with Gasteiger partial charge in [0, 0.05) is 26.7 Å². The lowest BCUT2D eigenvalue weighted by atomic mass is 10.0. The molecular formula is C9H19NO4S. The zero-order chi connectivity index (χ0) is 11.5. The van der Waals surface area contributed by atoms with Gasteiger partial charge >= 0.3 is 0 Å². The van der Waals surface area contributed by atoms with Crippen molar-refractivity contribution in [3.05, 3.63) is 0 Å². The molecule has 2 N–H and O–H groups in total. The Morgan fingerprint density at radius 3 is 2.60 bits per heavy atom. The second kappa shape index (κ2) is 4.78. The van der Waals surface area contributed by atoms with Crippen LogP contribution in [0.4, 0.5) is 0 Å². The molecule has 6 heteroatoms. The van der Waals surface area contributed by atoms with E-state index < -0.39 is 15.6 Å². The first-order chi connectivity index (χ1) is 6.87. The van der Waals surface area contributed by atoms with Crippen LogP contribution in [-0.4, -0.2) is 44.6 Å². The predicted octanol–water partition coefficient (Wildman–Crippen LogP) is -0.144. The van der Waals surface area contributed by atoms with Crippen molar-refractivity contribution < 1.29 is 18.3 Å². The van der Waals surface area contributed by atoms with Gasteiger partial charge in [0.2, 0.25) is 10.0 Å². The Hall–Kier alpha value is -0.170. The van der Waals surface area contributed by atoms with Crippen molar-refractivity contribution in [2.75, 3.05) is 20.3 Å². The number of ether oxygens (including phenoxy) is 1. The number of hydrogen-bond donors (Lipinski definition) is 2. The van der Waals surface area contributed by atoms with Crippen molar-refractivity contribution in [2.24, 2.45) is 0 Å². The minimum Gasteiger partial charge on any atom is -0.389 e. The van der Waals surface area contributed by atoms with Crippen LogP contribution in [-0.2, 0) is 14.8 Å². The maximum Gasteiger partial charge on any atom is 0.214 e. The summed E-state index contributed by atoms with van der Waals surface area (Å²) in [7, 11) is -1.65. The molecule has 0 aromatic carbocycles. The summed E-state index contributed by atoms with van der Waals surface area (Å²) in [6, 6.07) is 0. The lowest BCUT2D eigenvalue weighted by molar-refractivity contribution is 0.0292. The number of rotatable bonds is 7. The van der Waals surface area contributed by atoms with Crippen LogP contribution in [0.25, 0.3) is 0 Å². The zero-order valence-corrected chi connectivity index (χ0v) is 10.0. The number of methoxy groups -OCH3 is 1. The fraction of sp³-hybridized carbons (Fsp3) is 1.00. The number of aliphatic hydroxyl groups is 1. The number of hydrogen-bond acceptors (Lipinski definition) is 4. The maximum absolute atomic E-state index is 11.5. The van der Waals surface area contributed by atoms with E-state index in [9.17, 15) is 13.5 Å². The highest BCUT2D eigenvalue weighted by molar-refractivity contribution is 7.90. The second-order valence-electron chi connectivity index (χ2n) is 4.31. The number of nitrogens with one attached hydrogen (secondary N) is 1. The van der Waals surface area contributed by atoms with Gasteiger partial charge in [0.25, 0.3) is 0 Å². The van der Waals surface area contributed by atoms with Crippen molar-refractivity contribution in [1.29, 1.82) is 0 Å². The van der Waals surface area contributed by atoms with Gasteiger partial charge in [-0.15, -0.1) is 0 Å². The quantitative estimate of drug-likeness (QED) is 0.646. The van der Waals surface area contributed by atoms with Gasteiger partial charge in [0.05, 0.1) is 10.9 Å². The molecule has 1 saturated carbocycles. The molecule has 0 heterocycles. The van der Waals surface area contributed by atoms with Gasteiger partial charge in [0.1, 0.15) is 0 Å². The molecule has 0 spiro atoms. The van der Waals surface area contributed by atoms with Crippen molar-refractivity contribution >= 4 is 10.0 Å². The second-order valence-corrected chi connectivity index (χ2v) is 6.35. The lowest BCUT2D eigenvalue weighted by Gasteiger charge is -2.23. The molecule has 0 radical (unpaired) electrons. The Labute approximate surface area is 90.9 Å². The van der Waals surface area contributed by atoms with E-state index in [1.54, 1.807) is 14.0 Å². The first-order valence-corrected chi connectivity index (χ1v) is 6.62. The van der Waals surface area contributed by atoms with Crippen LogP contribution in [0.5, 0.6) is 0 Å². The van der Waals surface area contributed by atoms with Gasteiger partial charge in [-0.25, -0.2) is 13.1 Å². The highest BCUT2D eigenvalue weighted by Gasteiger charge is 2.36. The van der Waals surface area contributed by atoms with E-state index in [-0.39, 0.29) is 11.8 Å². The molecule has 90 valence electrons. The van der Waals surface area contributed by atoms with E-state index in [4.69, 9.17) is 4.74 Å². The Morgan fingerprint density at radius 1 is 1.53 bits per heavy atom. The summed E-state index contributed by atoms with van der Waals surface area (Å²) >= 11 is 0. The van der Waals surface area contributed by atoms with E-state index in [1.807, 2.05) is 0 Å². The van der Waals surface area contributed by atoms with Crippen LogP contribution in [0.15, 0.2) is 0 Å². The first-order valence-electron chi connectivity index (χ1n) is 5.07. The first kappa shape index (κ1) is 12.9. The molecule has 1 unspecified atom stereocenters. The smallest absolute Gasteiger partial charge is 0.214 e. The third-order valence-electron chi connectivity index (χ3n) is 2.46. The lowest BCUT2D eigenvalue weighted by Crippen LogP contribution is -2.42. The summed E-state index contributed by atoms with van der Waals surface area (Å²) in [6.45, 7) is 2.06. The standard InChI is InChI=1S/C9H19NO4S/c1-9(11,5-6-14-2)7-10-15(12,13)8-3-4-8/h8,10-11H,3-7H2,1-2H3. The molecule has 0 aromatic rings. The molecule has 0 aromatic heterocycles. The monoisotopic (exact) mass is 237 g/mol. The Bertz CT molecular complexity index is 295. The Balaban J connectivity index is 2.34. The van der Waals surface area contributed by atoms with Crippen LogP contribution >= 0.6 is 0 Å². The third-order valence-corrected chi connectivity index (χ3v) is 4.36. The highest BCUT2D eigenvalue weighted by Crippen LogP contribution is 2.27. The summed E-state index contributed by atoms with van der Waals surface area (Å²) < 4.78 is 30.2. The molecule has 1 atom stereocenters. The van der Waals surface area contributed by atoms with Crippen LogP contribution in [0.2, 0.25) is 0 Å². The van der Waals surface area contributed by atoms with E-state index >= 15 is 0 Å². The van der Waals surface area contributed by atoms with Crippen molar-refractivity contribution in [2.45, 2.75) is 37.0 Å². The Morgan fingerprint density at radius 2 is 2.13 bits per heavy atom. The average Bonchev–Trinajstić information content (AvgIpc) is 2.95. The third kappa shape index (κ3) is 4.46. The molecule has 1 fully saturated rings. The van der Waals surface area contributed by atoms with Gasteiger partial charge in [-0.2, -0.15) is 0 Å². The van der Waals surface area contributed by atoms with Crippen LogP contribution in [0.1, 0.15) is 26.2 Å². The van der Waals surface area contributed by atoms with Crippen molar-refractivity contribution in [1.82, 2.24) is 4.72 Å². The highest BCUT2D eigenvalue weighted by atomic mass is 32.2. The molecule has 1 rings (SSSR count). The Kier molecular flexibility index (Phi) is 4.11. The predicted molar refractivity (Wildman–Crippen MR) is 57.1 cm³/mol. The normalized spacial score (nSPS) is 21.3. The SMILES string of the molecule is COCCC(C)(O)CNS(=O)(=O)C1CC1. The van der Waals surface area contributed by atoms with Gasteiger partial charge in [0.15, 0.2) is 0 Å². The summed E-state index contributed by atoms with van der Waals surface area (Å²) in [5.74, 6) is 0. The van der Waals surface area contributed by atoms with Crippen LogP contribution in [0, 0.1) is 0 Å².